The van der Waals surface area contributed by atoms with Gasteiger partial charge < -0.3 is 25.8 Å². The third kappa shape index (κ3) is 2.81. The fraction of sp³-hybridized carbons (Fsp3) is 0.500. The van der Waals surface area contributed by atoms with Crippen molar-refractivity contribution in [2.75, 3.05) is 18.9 Å². The van der Waals surface area contributed by atoms with E-state index < -0.39 is 30.7 Å². The van der Waals surface area contributed by atoms with E-state index in [0.717, 1.165) is 4.57 Å². The van der Waals surface area contributed by atoms with Crippen LogP contribution in [0.3, 0.4) is 0 Å². The summed E-state index contributed by atoms with van der Waals surface area (Å²) in [5.74, 6) is -0.0340. The quantitative estimate of drug-likeness (QED) is 0.530. The Morgan fingerprint density at radius 3 is 2.81 bits per heavy atom. The number of aliphatic hydroxyl groups is 3. The molecule has 5 N–H and O–H groups in total. The molecule has 0 spiro atoms. The smallest absolute Gasteiger partial charge is 0.351 e. The van der Waals surface area contributed by atoms with Gasteiger partial charge in [-0.1, -0.05) is 0 Å². The molecular formula is C12H16FN3O5. The van der Waals surface area contributed by atoms with Crippen LogP contribution in [0.1, 0.15) is 11.8 Å². The van der Waals surface area contributed by atoms with Crippen molar-refractivity contribution in [2.24, 2.45) is 0 Å². The molecule has 0 saturated carbocycles. The normalized spacial score (nSPS) is 27.4. The molecule has 2 heterocycles. The van der Waals surface area contributed by atoms with Crippen LogP contribution >= 0.6 is 0 Å². The molecule has 0 aromatic carbocycles. The number of aliphatic hydroxyl groups excluding tert-OH is 3. The lowest BCUT2D eigenvalue weighted by Gasteiger charge is -2.16. The second-order valence-corrected chi connectivity index (χ2v) is 4.58. The van der Waals surface area contributed by atoms with E-state index in [-0.39, 0.29) is 30.7 Å². The van der Waals surface area contributed by atoms with Crippen molar-refractivity contribution in [2.45, 2.75) is 24.9 Å². The van der Waals surface area contributed by atoms with Gasteiger partial charge in [-0.3, -0.25) is 4.57 Å². The molecule has 1 aliphatic heterocycles. The van der Waals surface area contributed by atoms with E-state index in [9.17, 15) is 14.3 Å². The molecule has 3 unspecified atom stereocenters. The number of hydrogen-bond acceptors (Lipinski definition) is 7. The van der Waals surface area contributed by atoms with Crippen molar-refractivity contribution in [3.05, 3.63) is 34.1 Å². The van der Waals surface area contributed by atoms with Gasteiger partial charge in [-0.2, -0.15) is 4.98 Å². The summed E-state index contributed by atoms with van der Waals surface area (Å²) < 4.78 is 19.2. The van der Waals surface area contributed by atoms with Gasteiger partial charge in [-0.25, -0.2) is 9.18 Å². The van der Waals surface area contributed by atoms with Crippen LogP contribution in [0.5, 0.6) is 0 Å². The van der Waals surface area contributed by atoms with Gasteiger partial charge in [0.15, 0.2) is 6.23 Å². The van der Waals surface area contributed by atoms with Gasteiger partial charge in [0.2, 0.25) is 0 Å². The Bertz CT molecular complexity index is 603. The second kappa shape index (κ2) is 6.31. The van der Waals surface area contributed by atoms with Gasteiger partial charge in [0.25, 0.3) is 0 Å². The van der Waals surface area contributed by atoms with Crippen molar-refractivity contribution in [3.63, 3.8) is 0 Å². The molecule has 0 radical (unpaired) electrons. The summed E-state index contributed by atoms with van der Waals surface area (Å²) in [7, 11) is 0. The standard InChI is InChI=1S/C12H16FN3O5/c13-3-7-9(19)8(5-18)21-11(7)16-4-6(1-2-17)10(14)15-12(16)20/h3-4,8-9,11,17-19H,1-2,5H2,(H2,14,15,20)/b7-3+. The maximum atomic E-state index is 13.0. The van der Waals surface area contributed by atoms with Crippen LogP contribution in [0, 0.1) is 0 Å². The van der Waals surface area contributed by atoms with E-state index in [2.05, 4.69) is 4.98 Å². The molecule has 1 aliphatic rings. The fourth-order valence-corrected chi connectivity index (χ4v) is 2.17. The lowest BCUT2D eigenvalue weighted by Crippen LogP contribution is -2.29. The SMILES string of the molecule is Nc1nc(=O)n(C2OC(CO)C(O)/C2=C\F)cc1CCO. The van der Waals surface area contributed by atoms with Crippen molar-refractivity contribution >= 4 is 5.82 Å². The zero-order valence-corrected chi connectivity index (χ0v) is 11.0. The Kier molecular flexibility index (Phi) is 4.68. The number of hydrogen-bond donors (Lipinski definition) is 4. The summed E-state index contributed by atoms with van der Waals surface area (Å²) in [6.45, 7) is -0.737. The molecule has 0 aliphatic carbocycles. The Morgan fingerprint density at radius 1 is 1.52 bits per heavy atom. The summed E-state index contributed by atoms with van der Waals surface area (Å²) in [5, 5.41) is 27.8. The molecular weight excluding hydrogens is 285 g/mol. The molecule has 21 heavy (non-hydrogen) atoms. The van der Waals surface area contributed by atoms with Gasteiger partial charge >= 0.3 is 5.69 Å². The molecule has 2 rings (SSSR count). The molecule has 0 amide bonds. The summed E-state index contributed by atoms with van der Waals surface area (Å²) in [6, 6.07) is 0. The van der Waals surface area contributed by atoms with E-state index in [0.29, 0.717) is 5.56 Å². The van der Waals surface area contributed by atoms with Crippen LogP contribution in [0.15, 0.2) is 22.9 Å². The average molecular weight is 301 g/mol. The molecule has 1 aromatic rings. The molecule has 1 saturated heterocycles. The third-order valence-corrected chi connectivity index (χ3v) is 3.28. The minimum Gasteiger partial charge on any atom is -0.396 e. The van der Waals surface area contributed by atoms with Crippen LogP contribution < -0.4 is 11.4 Å². The van der Waals surface area contributed by atoms with Crippen molar-refractivity contribution in [3.8, 4) is 0 Å². The lowest BCUT2D eigenvalue weighted by molar-refractivity contribution is -0.0448. The summed E-state index contributed by atoms with van der Waals surface area (Å²) in [5.41, 5.74) is 4.97. The van der Waals surface area contributed by atoms with E-state index >= 15 is 0 Å². The van der Waals surface area contributed by atoms with Gasteiger partial charge in [0.1, 0.15) is 18.0 Å². The summed E-state index contributed by atoms with van der Waals surface area (Å²) in [4.78, 5) is 15.5. The van der Waals surface area contributed by atoms with Gasteiger partial charge in [-0.05, 0) is 0 Å². The minimum atomic E-state index is -1.37. The monoisotopic (exact) mass is 301 g/mol. The lowest BCUT2D eigenvalue weighted by atomic mass is 10.1. The maximum Gasteiger partial charge on any atom is 0.351 e. The molecule has 1 aromatic heterocycles. The first kappa shape index (κ1) is 15.6. The largest absolute Gasteiger partial charge is 0.396 e. The summed E-state index contributed by atoms with van der Waals surface area (Å²) in [6.07, 6.45) is -2.04. The topological polar surface area (TPSA) is 131 Å². The van der Waals surface area contributed by atoms with Crippen molar-refractivity contribution < 1.29 is 24.4 Å². The molecule has 8 nitrogen and oxygen atoms in total. The second-order valence-electron chi connectivity index (χ2n) is 4.58. The van der Waals surface area contributed by atoms with Crippen molar-refractivity contribution in [1.82, 2.24) is 9.55 Å². The number of halogens is 1. The van der Waals surface area contributed by atoms with Crippen molar-refractivity contribution in [1.29, 1.82) is 0 Å². The minimum absolute atomic E-state index is 0.0340. The average Bonchev–Trinajstić information content (AvgIpc) is 2.78. The Balaban J connectivity index is 2.46. The molecule has 9 heteroatoms. The van der Waals surface area contributed by atoms with Crippen LogP contribution in [0.25, 0.3) is 0 Å². The Labute approximate surface area is 118 Å². The highest BCUT2D eigenvalue weighted by molar-refractivity contribution is 5.37. The number of anilines is 1. The fourth-order valence-electron chi connectivity index (χ4n) is 2.17. The van der Waals surface area contributed by atoms with E-state index in [4.69, 9.17) is 20.7 Å². The number of nitrogens with two attached hydrogens (primary N) is 1. The van der Waals surface area contributed by atoms with Crippen LogP contribution in [0.4, 0.5) is 10.2 Å². The Morgan fingerprint density at radius 2 is 2.24 bits per heavy atom. The first-order chi connectivity index (χ1) is 10.0. The van der Waals surface area contributed by atoms with E-state index in [1.54, 1.807) is 0 Å². The first-order valence-corrected chi connectivity index (χ1v) is 6.26. The van der Waals surface area contributed by atoms with Gasteiger partial charge in [0, 0.05) is 30.4 Å². The molecule has 3 atom stereocenters. The molecule has 0 bridgehead atoms. The van der Waals surface area contributed by atoms with Crippen LogP contribution in [0.2, 0.25) is 0 Å². The van der Waals surface area contributed by atoms with Crippen LogP contribution in [-0.4, -0.2) is 50.3 Å². The third-order valence-electron chi connectivity index (χ3n) is 3.28. The highest BCUT2D eigenvalue weighted by atomic mass is 19.1. The Hall–Kier alpha value is -1.81. The number of aromatic nitrogens is 2. The maximum absolute atomic E-state index is 13.0. The highest BCUT2D eigenvalue weighted by Crippen LogP contribution is 2.33. The molecule has 116 valence electrons. The zero-order chi connectivity index (χ0) is 15.6. The van der Waals surface area contributed by atoms with Crippen LogP contribution in [-0.2, 0) is 11.2 Å². The number of ether oxygens (including phenoxy) is 1. The van der Waals surface area contributed by atoms with Gasteiger partial charge in [0.05, 0.1) is 12.9 Å². The number of nitrogen functional groups attached to an aromatic ring is 1. The zero-order valence-electron chi connectivity index (χ0n) is 11.0. The van der Waals surface area contributed by atoms with E-state index in [1.807, 2.05) is 0 Å². The number of nitrogens with zero attached hydrogens (tertiary/aromatic N) is 2. The van der Waals surface area contributed by atoms with Gasteiger partial charge in [-0.15, -0.1) is 0 Å². The predicted octanol–water partition coefficient (Wildman–Crippen LogP) is -1.54. The number of rotatable bonds is 4. The highest BCUT2D eigenvalue weighted by Gasteiger charge is 2.40. The summed E-state index contributed by atoms with van der Waals surface area (Å²) >= 11 is 0. The molecule has 1 fully saturated rings. The van der Waals surface area contributed by atoms with E-state index in [1.165, 1.54) is 6.20 Å². The predicted molar refractivity (Wildman–Crippen MR) is 69.9 cm³/mol. The first-order valence-electron chi connectivity index (χ1n) is 6.26.